The first kappa shape index (κ1) is 11.3. The van der Waals surface area contributed by atoms with Gasteiger partial charge in [-0.25, -0.2) is 4.39 Å². The Morgan fingerprint density at radius 2 is 2.12 bits per heavy atom. The van der Waals surface area contributed by atoms with Crippen LogP contribution >= 0.6 is 0 Å². The Morgan fingerprint density at radius 3 is 2.76 bits per heavy atom. The standard InChI is InChI=1S/C11H10FN3O2/c1-6-4-3-5-8(9(6)12)10(16)13-11-15-14-7(2)17-11/h3-5H,1-2H3,(H,13,15,16). The van der Waals surface area contributed by atoms with Crippen molar-refractivity contribution in [3.63, 3.8) is 0 Å². The van der Waals surface area contributed by atoms with Crippen molar-refractivity contribution in [1.82, 2.24) is 10.2 Å². The van der Waals surface area contributed by atoms with E-state index in [1.54, 1.807) is 26.0 Å². The predicted molar refractivity (Wildman–Crippen MR) is 58.1 cm³/mol. The Balaban J connectivity index is 2.23. The third-order valence-electron chi connectivity index (χ3n) is 2.18. The van der Waals surface area contributed by atoms with E-state index in [4.69, 9.17) is 4.42 Å². The molecule has 1 aromatic carbocycles. The molecule has 2 rings (SSSR count). The van der Waals surface area contributed by atoms with Gasteiger partial charge in [0, 0.05) is 6.92 Å². The zero-order valence-electron chi connectivity index (χ0n) is 9.32. The van der Waals surface area contributed by atoms with Gasteiger partial charge in [-0.3, -0.25) is 10.1 Å². The summed E-state index contributed by atoms with van der Waals surface area (Å²) in [6.07, 6.45) is 0. The van der Waals surface area contributed by atoms with Gasteiger partial charge in [0.25, 0.3) is 5.91 Å². The second-order valence-electron chi connectivity index (χ2n) is 3.52. The lowest BCUT2D eigenvalue weighted by molar-refractivity contribution is 0.102. The van der Waals surface area contributed by atoms with Crippen LogP contribution in [0.1, 0.15) is 21.8 Å². The summed E-state index contributed by atoms with van der Waals surface area (Å²) in [4.78, 5) is 11.7. The van der Waals surface area contributed by atoms with Crippen LogP contribution in [0.4, 0.5) is 10.4 Å². The summed E-state index contributed by atoms with van der Waals surface area (Å²) in [5.41, 5.74) is 0.347. The quantitative estimate of drug-likeness (QED) is 0.865. The number of hydrogen-bond acceptors (Lipinski definition) is 4. The van der Waals surface area contributed by atoms with Gasteiger partial charge in [0.05, 0.1) is 5.56 Å². The van der Waals surface area contributed by atoms with E-state index in [1.165, 1.54) is 6.07 Å². The molecule has 0 aliphatic carbocycles. The number of rotatable bonds is 2. The van der Waals surface area contributed by atoms with Gasteiger partial charge in [-0.2, -0.15) is 0 Å². The molecular weight excluding hydrogens is 225 g/mol. The lowest BCUT2D eigenvalue weighted by Gasteiger charge is -2.03. The fourth-order valence-corrected chi connectivity index (χ4v) is 1.33. The van der Waals surface area contributed by atoms with Crippen LogP contribution in [0.5, 0.6) is 0 Å². The van der Waals surface area contributed by atoms with Crippen molar-refractivity contribution < 1.29 is 13.6 Å². The number of amides is 1. The molecule has 2 aromatic rings. The van der Waals surface area contributed by atoms with Crippen molar-refractivity contribution in [2.75, 3.05) is 5.32 Å². The van der Waals surface area contributed by atoms with Gasteiger partial charge in [-0.1, -0.05) is 17.2 Å². The van der Waals surface area contributed by atoms with E-state index in [2.05, 4.69) is 15.5 Å². The number of anilines is 1. The average molecular weight is 235 g/mol. The van der Waals surface area contributed by atoms with Crippen LogP contribution in [0.2, 0.25) is 0 Å². The number of benzene rings is 1. The van der Waals surface area contributed by atoms with Crippen molar-refractivity contribution in [2.45, 2.75) is 13.8 Å². The Hall–Kier alpha value is -2.24. The molecule has 0 radical (unpaired) electrons. The molecule has 0 spiro atoms. The van der Waals surface area contributed by atoms with Gasteiger partial charge in [-0.05, 0) is 18.6 Å². The highest BCUT2D eigenvalue weighted by molar-refractivity contribution is 6.03. The molecule has 6 heteroatoms. The molecule has 0 atom stereocenters. The second kappa shape index (κ2) is 4.32. The lowest BCUT2D eigenvalue weighted by Crippen LogP contribution is -2.14. The van der Waals surface area contributed by atoms with Crippen molar-refractivity contribution in [3.05, 3.63) is 41.0 Å². The Morgan fingerprint density at radius 1 is 1.35 bits per heavy atom. The third-order valence-corrected chi connectivity index (χ3v) is 2.18. The van der Waals surface area contributed by atoms with Crippen LogP contribution in [-0.4, -0.2) is 16.1 Å². The van der Waals surface area contributed by atoms with Gasteiger partial charge < -0.3 is 4.42 Å². The highest BCUT2D eigenvalue weighted by Crippen LogP contribution is 2.14. The largest absolute Gasteiger partial charge is 0.408 e. The van der Waals surface area contributed by atoms with Gasteiger partial charge in [0.15, 0.2) is 0 Å². The molecule has 1 amide bonds. The zero-order valence-corrected chi connectivity index (χ0v) is 9.32. The van der Waals surface area contributed by atoms with E-state index in [0.717, 1.165) is 0 Å². The first-order valence-electron chi connectivity index (χ1n) is 4.94. The fraction of sp³-hybridized carbons (Fsp3) is 0.182. The molecule has 0 saturated carbocycles. The minimum Gasteiger partial charge on any atom is -0.408 e. The summed E-state index contributed by atoms with van der Waals surface area (Å²) in [5, 5.41) is 9.47. The first-order chi connectivity index (χ1) is 8.08. The monoisotopic (exact) mass is 235 g/mol. The van der Waals surface area contributed by atoms with Crippen molar-refractivity contribution in [3.8, 4) is 0 Å². The Kier molecular flexibility index (Phi) is 2.86. The topological polar surface area (TPSA) is 68.0 Å². The van der Waals surface area contributed by atoms with E-state index >= 15 is 0 Å². The Bertz CT molecular complexity index is 566. The van der Waals surface area contributed by atoms with Gasteiger partial charge in [0.2, 0.25) is 5.89 Å². The molecule has 0 bridgehead atoms. The highest BCUT2D eigenvalue weighted by Gasteiger charge is 2.15. The minimum atomic E-state index is -0.616. The highest BCUT2D eigenvalue weighted by atomic mass is 19.1. The summed E-state index contributed by atoms with van der Waals surface area (Å²) in [5.74, 6) is -0.846. The maximum atomic E-state index is 13.6. The normalized spacial score (nSPS) is 10.3. The van der Waals surface area contributed by atoms with E-state index in [-0.39, 0.29) is 11.6 Å². The summed E-state index contributed by atoms with van der Waals surface area (Å²) in [6.45, 7) is 3.18. The molecular formula is C11H10FN3O2. The van der Waals surface area contributed by atoms with Gasteiger partial charge in [0.1, 0.15) is 5.82 Å². The molecule has 0 unspecified atom stereocenters. The number of hydrogen-bond donors (Lipinski definition) is 1. The molecule has 0 saturated heterocycles. The number of carbonyl (C=O) groups excluding carboxylic acids is 1. The van der Waals surface area contributed by atoms with Crippen molar-refractivity contribution in [1.29, 1.82) is 0 Å². The summed E-state index contributed by atoms with van der Waals surface area (Å²) in [6, 6.07) is 4.53. The minimum absolute atomic E-state index is 0.0478. The zero-order chi connectivity index (χ0) is 12.4. The van der Waals surface area contributed by atoms with E-state index in [0.29, 0.717) is 11.5 Å². The van der Waals surface area contributed by atoms with Crippen molar-refractivity contribution >= 4 is 11.9 Å². The lowest BCUT2D eigenvalue weighted by atomic mass is 10.1. The van der Waals surface area contributed by atoms with E-state index in [9.17, 15) is 9.18 Å². The molecule has 0 aliphatic heterocycles. The van der Waals surface area contributed by atoms with Gasteiger partial charge >= 0.3 is 6.01 Å². The number of nitrogens with zero attached hydrogens (tertiary/aromatic N) is 2. The number of nitrogens with one attached hydrogen (secondary N) is 1. The van der Waals surface area contributed by atoms with Crippen LogP contribution < -0.4 is 5.32 Å². The fourth-order valence-electron chi connectivity index (χ4n) is 1.33. The van der Waals surface area contributed by atoms with Gasteiger partial charge in [-0.15, -0.1) is 5.10 Å². The predicted octanol–water partition coefficient (Wildman–Crippen LogP) is 2.08. The average Bonchev–Trinajstić information content (AvgIpc) is 2.68. The number of aryl methyl sites for hydroxylation is 2. The van der Waals surface area contributed by atoms with E-state index in [1.807, 2.05) is 0 Å². The number of carbonyl (C=O) groups is 1. The molecule has 1 aromatic heterocycles. The third kappa shape index (κ3) is 2.30. The SMILES string of the molecule is Cc1nnc(NC(=O)c2cccc(C)c2F)o1. The van der Waals surface area contributed by atoms with Crippen LogP contribution in [0.3, 0.4) is 0 Å². The molecule has 0 aliphatic rings. The summed E-state index contributed by atoms with van der Waals surface area (Å²) >= 11 is 0. The van der Waals surface area contributed by atoms with Crippen molar-refractivity contribution in [2.24, 2.45) is 0 Å². The Labute approximate surface area is 96.7 Å². The number of halogens is 1. The molecule has 17 heavy (non-hydrogen) atoms. The number of aromatic nitrogens is 2. The summed E-state index contributed by atoms with van der Waals surface area (Å²) in [7, 11) is 0. The smallest absolute Gasteiger partial charge is 0.322 e. The molecule has 1 N–H and O–H groups in total. The van der Waals surface area contributed by atoms with Crippen LogP contribution in [0.25, 0.3) is 0 Å². The van der Waals surface area contributed by atoms with Crippen LogP contribution in [0.15, 0.2) is 22.6 Å². The maximum Gasteiger partial charge on any atom is 0.322 e. The van der Waals surface area contributed by atoms with Crippen LogP contribution in [-0.2, 0) is 0 Å². The molecule has 0 fully saturated rings. The summed E-state index contributed by atoms with van der Waals surface area (Å²) < 4.78 is 18.6. The van der Waals surface area contributed by atoms with Crippen LogP contribution in [0, 0.1) is 19.7 Å². The maximum absolute atomic E-state index is 13.6. The molecule has 5 nitrogen and oxygen atoms in total. The molecule has 88 valence electrons. The first-order valence-corrected chi connectivity index (χ1v) is 4.94. The second-order valence-corrected chi connectivity index (χ2v) is 3.52. The molecule has 1 heterocycles. The van der Waals surface area contributed by atoms with E-state index < -0.39 is 11.7 Å².